The first kappa shape index (κ1) is 14.6. The predicted octanol–water partition coefficient (Wildman–Crippen LogP) is 4.61. The van der Waals surface area contributed by atoms with E-state index < -0.39 is 11.7 Å². The molecule has 1 atom stereocenters. The maximum atomic E-state index is 11.0. The molecule has 2 aromatic carbocycles. The summed E-state index contributed by atoms with van der Waals surface area (Å²) in [6, 6.07) is 14.5. The van der Waals surface area contributed by atoms with Crippen LogP contribution in [0.15, 0.2) is 42.5 Å². The van der Waals surface area contributed by atoms with Gasteiger partial charge in [0.05, 0.1) is 5.60 Å². The van der Waals surface area contributed by atoms with Crippen LogP contribution in [0.2, 0.25) is 0 Å². The minimum Gasteiger partial charge on any atom is -0.385 e. The Morgan fingerprint density at radius 2 is 1.76 bits per heavy atom. The molecular weight excluding hydrogens is 260 g/mol. The van der Waals surface area contributed by atoms with Gasteiger partial charge in [-0.15, -0.1) is 0 Å². The summed E-state index contributed by atoms with van der Waals surface area (Å²) >= 11 is 0. The largest absolute Gasteiger partial charge is 0.385 e. The Hall–Kier alpha value is -1.38. The van der Waals surface area contributed by atoms with E-state index in [4.69, 9.17) is 4.74 Å². The highest BCUT2D eigenvalue weighted by molar-refractivity contribution is 5.83. The average Bonchev–Trinajstić information content (AvgIpc) is 2.55. The third-order valence-corrected chi connectivity index (χ3v) is 4.72. The van der Waals surface area contributed by atoms with Gasteiger partial charge in [-0.25, -0.2) is 0 Å². The highest BCUT2D eigenvalue weighted by Crippen LogP contribution is 2.42. The van der Waals surface area contributed by atoms with Gasteiger partial charge in [0.1, 0.15) is 6.10 Å². The lowest BCUT2D eigenvalue weighted by Gasteiger charge is -2.41. The molecule has 0 saturated heterocycles. The SMILES string of the molecule is CCOC1(C(O)c2ccc3ccccc3c2)CCCCC1. The minimum atomic E-state index is -0.539. The lowest BCUT2D eigenvalue weighted by atomic mass is 9.78. The molecule has 1 N–H and O–H groups in total. The Morgan fingerprint density at radius 3 is 2.48 bits per heavy atom. The molecule has 3 rings (SSSR count). The zero-order chi connectivity index (χ0) is 14.7. The molecule has 1 fully saturated rings. The lowest BCUT2D eigenvalue weighted by molar-refractivity contribution is -0.141. The summed E-state index contributed by atoms with van der Waals surface area (Å²) in [5, 5.41) is 13.3. The number of aliphatic hydroxyl groups is 1. The standard InChI is InChI=1S/C19H24O2/c1-2-21-19(12-6-3-7-13-19)18(20)17-11-10-15-8-4-5-9-16(15)14-17/h4-5,8-11,14,18,20H,2-3,6-7,12-13H2,1H3. The van der Waals surface area contributed by atoms with E-state index in [2.05, 4.69) is 24.3 Å². The highest BCUT2D eigenvalue weighted by Gasteiger charge is 2.40. The molecule has 0 bridgehead atoms. The molecule has 1 saturated carbocycles. The molecule has 0 radical (unpaired) electrons. The summed E-state index contributed by atoms with van der Waals surface area (Å²) in [7, 11) is 0. The molecule has 21 heavy (non-hydrogen) atoms. The highest BCUT2D eigenvalue weighted by atomic mass is 16.5. The summed E-state index contributed by atoms with van der Waals surface area (Å²) < 4.78 is 6.05. The second-order valence-electron chi connectivity index (χ2n) is 6.07. The summed E-state index contributed by atoms with van der Waals surface area (Å²) in [5.41, 5.74) is 0.583. The maximum Gasteiger partial charge on any atom is 0.108 e. The van der Waals surface area contributed by atoms with Crippen LogP contribution in [-0.2, 0) is 4.74 Å². The van der Waals surface area contributed by atoms with Crippen molar-refractivity contribution in [2.24, 2.45) is 0 Å². The Morgan fingerprint density at radius 1 is 1.05 bits per heavy atom. The van der Waals surface area contributed by atoms with Crippen molar-refractivity contribution >= 4 is 10.8 Å². The topological polar surface area (TPSA) is 29.5 Å². The van der Waals surface area contributed by atoms with E-state index in [1.165, 1.54) is 17.2 Å². The minimum absolute atomic E-state index is 0.393. The molecule has 1 aliphatic carbocycles. The van der Waals surface area contributed by atoms with Crippen molar-refractivity contribution in [1.29, 1.82) is 0 Å². The van der Waals surface area contributed by atoms with E-state index in [1.807, 2.05) is 25.1 Å². The number of fused-ring (bicyclic) bond motifs is 1. The van der Waals surface area contributed by atoms with Gasteiger partial charge < -0.3 is 9.84 Å². The average molecular weight is 284 g/mol. The zero-order valence-electron chi connectivity index (χ0n) is 12.7. The fraction of sp³-hybridized carbons (Fsp3) is 0.474. The molecule has 2 nitrogen and oxygen atoms in total. The van der Waals surface area contributed by atoms with E-state index in [1.54, 1.807) is 0 Å². The third kappa shape index (κ3) is 2.83. The second kappa shape index (κ2) is 6.17. The monoisotopic (exact) mass is 284 g/mol. The van der Waals surface area contributed by atoms with Crippen molar-refractivity contribution in [2.45, 2.75) is 50.7 Å². The first-order valence-corrected chi connectivity index (χ1v) is 8.06. The Kier molecular flexibility index (Phi) is 4.27. The van der Waals surface area contributed by atoms with Crippen LogP contribution in [0.3, 0.4) is 0 Å². The van der Waals surface area contributed by atoms with Crippen LogP contribution in [0.1, 0.15) is 50.7 Å². The number of ether oxygens (including phenoxy) is 1. The quantitative estimate of drug-likeness (QED) is 0.888. The first-order valence-electron chi connectivity index (χ1n) is 8.06. The van der Waals surface area contributed by atoms with Crippen LogP contribution in [0, 0.1) is 0 Å². The van der Waals surface area contributed by atoms with E-state index in [0.717, 1.165) is 31.2 Å². The molecule has 0 aliphatic heterocycles. The van der Waals surface area contributed by atoms with Crippen LogP contribution in [0.25, 0.3) is 10.8 Å². The van der Waals surface area contributed by atoms with Gasteiger partial charge >= 0.3 is 0 Å². The molecule has 0 aromatic heterocycles. The smallest absolute Gasteiger partial charge is 0.108 e. The molecule has 2 heteroatoms. The van der Waals surface area contributed by atoms with Gasteiger partial charge in [-0.3, -0.25) is 0 Å². The Bertz CT molecular complexity index is 594. The van der Waals surface area contributed by atoms with Crippen molar-refractivity contribution < 1.29 is 9.84 Å². The fourth-order valence-electron chi connectivity index (χ4n) is 3.62. The molecular formula is C19H24O2. The third-order valence-electron chi connectivity index (χ3n) is 4.72. The van der Waals surface area contributed by atoms with Crippen molar-refractivity contribution in [2.75, 3.05) is 6.61 Å². The van der Waals surface area contributed by atoms with Crippen LogP contribution in [0.4, 0.5) is 0 Å². The van der Waals surface area contributed by atoms with Crippen LogP contribution in [0.5, 0.6) is 0 Å². The molecule has 2 aromatic rings. The van der Waals surface area contributed by atoms with Crippen LogP contribution >= 0.6 is 0 Å². The van der Waals surface area contributed by atoms with Crippen molar-refractivity contribution in [1.82, 2.24) is 0 Å². The maximum absolute atomic E-state index is 11.0. The van der Waals surface area contributed by atoms with E-state index in [9.17, 15) is 5.11 Å². The number of rotatable bonds is 4. The normalized spacial score (nSPS) is 19.5. The first-order chi connectivity index (χ1) is 10.2. The number of hydrogen-bond acceptors (Lipinski definition) is 2. The Balaban J connectivity index is 1.95. The molecule has 0 amide bonds. The number of hydrogen-bond donors (Lipinski definition) is 1. The van der Waals surface area contributed by atoms with E-state index in [-0.39, 0.29) is 0 Å². The van der Waals surface area contributed by atoms with Gasteiger partial charge in [-0.1, -0.05) is 55.7 Å². The molecule has 112 valence electrons. The molecule has 0 heterocycles. The van der Waals surface area contributed by atoms with Crippen molar-refractivity contribution in [3.63, 3.8) is 0 Å². The summed E-state index contributed by atoms with van der Waals surface area (Å²) in [6.07, 6.45) is 4.90. The fourth-order valence-corrected chi connectivity index (χ4v) is 3.62. The van der Waals surface area contributed by atoms with E-state index >= 15 is 0 Å². The predicted molar refractivity (Wildman–Crippen MR) is 86.3 cm³/mol. The van der Waals surface area contributed by atoms with Crippen LogP contribution < -0.4 is 0 Å². The van der Waals surface area contributed by atoms with Gasteiger partial charge in [0, 0.05) is 6.61 Å². The van der Waals surface area contributed by atoms with Crippen LogP contribution in [-0.4, -0.2) is 17.3 Å². The van der Waals surface area contributed by atoms with Gasteiger partial charge in [0.25, 0.3) is 0 Å². The Labute approximate surface area is 126 Å². The number of aliphatic hydroxyl groups excluding tert-OH is 1. The van der Waals surface area contributed by atoms with Gasteiger partial charge in [-0.2, -0.15) is 0 Å². The molecule has 1 aliphatic rings. The summed E-state index contributed by atoms with van der Waals surface area (Å²) in [5.74, 6) is 0. The second-order valence-corrected chi connectivity index (χ2v) is 6.07. The number of benzene rings is 2. The van der Waals surface area contributed by atoms with Gasteiger partial charge in [0.2, 0.25) is 0 Å². The summed E-state index contributed by atoms with van der Waals surface area (Å²) in [6.45, 7) is 2.67. The van der Waals surface area contributed by atoms with E-state index in [0.29, 0.717) is 6.61 Å². The van der Waals surface area contributed by atoms with Crippen molar-refractivity contribution in [3.8, 4) is 0 Å². The van der Waals surface area contributed by atoms with Gasteiger partial charge in [-0.05, 0) is 42.2 Å². The van der Waals surface area contributed by atoms with Crippen molar-refractivity contribution in [3.05, 3.63) is 48.0 Å². The summed E-state index contributed by atoms with van der Waals surface area (Å²) in [4.78, 5) is 0. The zero-order valence-corrected chi connectivity index (χ0v) is 12.7. The lowest BCUT2D eigenvalue weighted by Crippen LogP contribution is -2.41. The molecule has 1 unspecified atom stereocenters. The van der Waals surface area contributed by atoms with Gasteiger partial charge in [0.15, 0.2) is 0 Å². The molecule has 0 spiro atoms.